The van der Waals surface area contributed by atoms with E-state index in [-0.39, 0.29) is 18.9 Å². The quantitative estimate of drug-likeness (QED) is 0.421. The summed E-state index contributed by atoms with van der Waals surface area (Å²) in [4.78, 5) is 50.5. The van der Waals surface area contributed by atoms with Gasteiger partial charge in [0, 0.05) is 30.4 Å². The van der Waals surface area contributed by atoms with Crippen LogP contribution in [0.15, 0.2) is 48.5 Å². The zero-order valence-corrected chi connectivity index (χ0v) is 19.2. The van der Waals surface area contributed by atoms with Crippen LogP contribution in [0.1, 0.15) is 36.5 Å². The number of hydrogen-bond donors (Lipinski definition) is 1. The number of benzene rings is 2. The highest BCUT2D eigenvalue weighted by atomic mass is 16.5. The van der Waals surface area contributed by atoms with E-state index in [4.69, 9.17) is 14.2 Å². The summed E-state index contributed by atoms with van der Waals surface area (Å²) in [6.07, 6.45) is 1.71. The second-order valence-corrected chi connectivity index (χ2v) is 7.83. The lowest BCUT2D eigenvalue weighted by atomic mass is 10.1. The maximum absolute atomic E-state index is 12.5. The minimum Gasteiger partial charge on any atom is -0.497 e. The van der Waals surface area contributed by atoms with Crippen LogP contribution in [-0.4, -0.2) is 50.6 Å². The minimum absolute atomic E-state index is 0.0167. The molecule has 1 N–H and O–H groups in total. The van der Waals surface area contributed by atoms with Gasteiger partial charge in [0.1, 0.15) is 5.75 Å². The molecule has 2 amide bonds. The average molecular weight is 469 g/mol. The van der Waals surface area contributed by atoms with Crippen LogP contribution in [0.25, 0.3) is 0 Å². The number of ether oxygens (including phenoxy) is 3. The van der Waals surface area contributed by atoms with Gasteiger partial charge in [-0.05, 0) is 42.8 Å². The molecule has 0 spiro atoms. The molecule has 1 fully saturated rings. The topological polar surface area (TPSA) is 111 Å². The fourth-order valence-corrected chi connectivity index (χ4v) is 3.44. The summed E-state index contributed by atoms with van der Waals surface area (Å²) in [5.74, 6) is -1.86. The van der Waals surface area contributed by atoms with Gasteiger partial charge in [-0.15, -0.1) is 0 Å². The minimum atomic E-state index is -0.684. The maximum Gasteiger partial charge on any atom is 0.338 e. The van der Waals surface area contributed by atoms with Gasteiger partial charge < -0.3 is 24.4 Å². The number of methoxy groups -OCH3 is 1. The van der Waals surface area contributed by atoms with Crippen LogP contribution in [-0.2, 0) is 23.9 Å². The van der Waals surface area contributed by atoms with Gasteiger partial charge in [-0.3, -0.25) is 14.4 Å². The van der Waals surface area contributed by atoms with E-state index in [1.165, 1.54) is 12.0 Å². The number of esters is 2. The van der Waals surface area contributed by atoms with Crippen molar-refractivity contribution in [2.45, 2.75) is 26.2 Å². The molecular weight excluding hydrogens is 440 g/mol. The van der Waals surface area contributed by atoms with Gasteiger partial charge in [0.05, 0.1) is 25.2 Å². The highest BCUT2D eigenvalue weighted by Crippen LogP contribution is 2.26. The van der Waals surface area contributed by atoms with Gasteiger partial charge in [0.15, 0.2) is 6.61 Å². The van der Waals surface area contributed by atoms with Crippen LogP contribution in [0.5, 0.6) is 5.75 Å². The number of nitrogens with one attached hydrogen (secondary N) is 1. The Morgan fingerprint density at radius 1 is 1.09 bits per heavy atom. The van der Waals surface area contributed by atoms with Crippen molar-refractivity contribution in [3.8, 4) is 5.75 Å². The summed E-state index contributed by atoms with van der Waals surface area (Å²) in [7, 11) is 1.52. The third-order valence-electron chi connectivity index (χ3n) is 5.30. The molecule has 9 nitrogen and oxygen atoms in total. The normalized spacial score (nSPS) is 15.1. The number of rotatable bonds is 10. The number of anilines is 2. The Balaban J connectivity index is 1.50. The molecular formula is C25H28N2O7. The van der Waals surface area contributed by atoms with E-state index in [1.54, 1.807) is 48.5 Å². The van der Waals surface area contributed by atoms with Crippen LogP contribution >= 0.6 is 0 Å². The van der Waals surface area contributed by atoms with Crippen molar-refractivity contribution in [2.75, 3.05) is 37.1 Å². The van der Waals surface area contributed by atoms with Crippen molar-refractivity contribution in [3.63, 3.8) is 0 Å². The van der Waals surface area contributed by atoms with E-state index in [0.29, 0.717) is 29.3 Å². The summed E-state index contributed by atoms with van der Waals surface area (Å²) < 4.78 is 15.4. The number of carbonyl (C=O) groups excluding carboxylic acids is 4. The number of hydrogen-bond acceptors (Lipinski definition) is 7. The molecule has 0 unspecified atom stereocenters. The van der Waals surface area contributed by atoms with Crippen molar-refractivity contribution in [1.82, 2.24) is 0 Å². The molecule has 0 aliphatic carbocycles. The summed E-state index contributed by atoms with van der Waals surface area (Å²) in [5, 5.41) is 2.63. The fourth-order valence-electron chi connectivity index (χ4n) is 3.44. The Morgan fingerprint density at radius 3 is 2.56 bits per heavy atom. The molecule has 3 rings (SSSR count). The third-order valence-corrected chi connectivity index (χ3v) is 5.30. The molecule has 0 radical (unpaired) electrons. The Labute approximate surface area is 198 Å². The second-order valence-electron chi connectivity index (χ2n) is 7.83. The number of nitrogens with zero attached hydrogens (tertiary/aromatic N) is 1. The summed E-state index contributed by atoms with van der Waals surface area (Å²) in [6, 6.07) is 13.3. The molecule has 34 heavy (non-hydrogen) atoms. The Morgan fingerprint density at radius 2 is 1.85 bits per heavy atom. The zero-order chi connectivity index (χ0) is 24.5. The first-order valence-corrected chi connectivity index (χ1v) is 11.1. The summed E-state index contributed by atoms with van der Waals surface area (Å²) in [6.45, 7) is 2.05. The van der Waals surface area contributed by atoms with Gasteiger partial charge in [0.2, 0.25) is 5.91 Å². The molecule has 0 saturated carbocycles. The number of unbranched alkanes of at least 4 members (excludes halogenated alkanes) is 1. The van der Waals surface area contributed by atoms with Crippen LogP contribution in [0.2, 0.25) is 0 Å². The molecule has 180 valence electrons. The van der Waals surface area contributed by atoms with Gasteiger partial charge in [-0.2, -0.15) is 0 Å². The van der Waals surface area contributed by atoms with Crippen LogP contribution in [0.3, 0.4) is 0 Å². The predicted octanol–water partition coefficient (Wildman–Crippen LogP) is 3.19. The molecule has 2 aromatic carbocycles. The number of carbonyl (C=O) groups is 4. The van der Waals surface area contributed by atoms with Crippen LogP contribution in [0.4, 0.5) is 11.4 Å². The molecule has 1 saturated heterocycles. The molecule has 1 atom stereocenters. The fraction of sp³-hybridized carbons (Fsp3) is 0.360. The SMILES string of the molecule is CCCCOC(=O)c1ccc(N2C[C@@H](C(=O)OCC(=O)Nc3cccc(OC)c3)CC2=O)cc1. The molecule has 1 heterocycles. The molecule has 2 aromatic rings. The highest BCUT2D eigenvalue weighted by Gasteiger charge is 2.36. The average Bonchev–Trinajstić information content (AvgIpc) is 3.24. The summed E-state index contributed by atoms with van der Waals surface area (Å²) in [5.41, 5.74) is 1.48. The monoisotopic (exact) mass is 468 g/mol. The van der Waals surface area contributed by atoms with Crippen molar-refractivity contribution >= 4 is 35.1 Å². The van der Waals surface area contributed by atoms with E-state index in [2.05, 4.69) is 5.32 Å². The standard InChI is InChI=1S/C25H28N2O7/c1-3-4-12-33-24(30)17-8-10-20(11-9-17)27-15-18(13-23(27)29)25(31)34-16-22(28)26-19-6-5-7-21(14-19)32-2/h5-11,14,18H,3-4,12-13,15-16H2,1-2H3,(H,26,28)/t18-/m0/s1. The largest absolute Gasteiger partial charge is 0.497 e. The van der Waals surface area contributed by atoms with Gasteiger partial charge in [-0.25, -0.2) is 4.79 Å². The van der Waals surface area contributed by atoms with Gasteiger partial charge in [0.25, 0.3) is 5.91 Å². The molecule has 1 aliphatic rings. The van der Waals surface area contributed by atoms with E-state index in [0.717, 1.165) is 12.8 Å². The highest BCUT2D eigenvalue weighted by molar-refractivity contribution is 6.00. The molecule has 1 aliphatic heterocycles. The number of amides is 2. The first-order valence-electron chi connectivity index (χ1n) is 11.1. The van der Waals surface area contributed by atoms with E-state index in [1.807, 2.05) is 6.92 Å². The molecule has 0 bridgehead atoms. The lowest BCUT2D eigenvalue weighted by molar-refractivity contribution is -0.151. The van der Waals surface area contributed by atoms with E-state index < -0.39 is 30.4 Å². The Hall–Kier alpha value is -3.88. The van der Waals surface area contributed by atoms with E-state index in [9.17, 15) is 19.2 Å². The van der Waals surface area contributed by atoms with Crippen LogP contribution < -0.4 is 15.0 Å². The third kappa shape index (κ3) is 6.57. The van der Waals surface area contributed by atoms with Crippen molar-refractivity contribution in [1.29, 1.82) is 0 Å². The maximum atomic E-state index is 12.5. The van der Waals surface area contributed by atoms with Crippen molar-refractivity contribution in [2.24, 2.45) is 5.92 Å². The van der Waals surface area contributed by atoms with Gasteiger partial charge in [-0.1, -0.05) is 19.4 Å². The Bertz CT molecular complexity index is 1040. The molecule has 0 aromatic heterocycles. The molecule has 9 heteroatoms. The predicted molar refractivity (Wildman–Crippen MR) is 125 cm³/mol. The van der Waals surface area contributed by atoms with E-state index >= 15 is 0 Å². The zero-order valence-electron chi connectivity index (χ0n) is 19.2. The lowest BCUT2D eigenvalue weighted by Gasteiger charge is -2.17. The van der Waals surface area contributed by atoms with Crippen molar-refractivity contribution in [3.05, 3.63) is 54.1 Å². The van der Waals surface area contributed by atoms with Gasteiger partial charge >= 0.3 is 11.9 Å². The first kappa shape index (κ1) is 24.8. The summed E-state index contributed by atoms with van der Waals surface area (Å²) >= 11 is 0. The second kappa shape index (κ2) is 11.8. The lowest BCUT2D eigenvalue weighted by Crippen LogP contribution is -2.28. The van der Waals surface area contributed by atoms with Crippen LogP contribution in [0, 0.1) is 5.92 Å². The smallest absolute Gasteiger partial charge is 0.338 e. The Kier molecular flexibility index (Phi) is 8.61. The van der Waals surface area contributed by atoms with Crippen molar-refractivity contribution < 1.29 is 33.4 Å². The first-order chi connectivity index (χ1) is 16.4.